The number of ketones is 2. The Labute approximate surface area is 139 Å². The molecule has 1 spiro atoms. The molecule has 0 aromatic heterocycles. The van der Waals surface area contributed by atoms with E-state index >= 15 is 0 Å². The average molecular weight is 312 g/mol. The largest absolute Gasteiger partial charge is 0.289 e. The van der Waals surface area contributed by atoms with Gasteiger partial charge in [-0.3, -0.25) is 9.59 Å². The van der Waals surface area contributed by atoms with Gasteiger partial charge in [-0.1, -0.05) is 66.5 Å². The van der Waals surface area contributed by atoms with Crippen molar-refractivity contribution in [1.29, 1.82) is 0 Å². The lowest BCUT2D eigenvalue weighted by atomic mass is 9.70. The number of Topliss-reactive ketones (excluding diaryl/α,β-unsaturated/α-hetero) is 2. The molecule has 124 valence electrons. The van der Waals surface area contributed by atoms with Crippen molar-refractivity contribution in [2.45, 2.75) is 83.5 Å². The highest BCUT2D eigenvalue weighted by molar-refractivity contribution is 6.50. The number of hydrogen-bond donors (Lipinski definition) is 0. The van der Waals surface area contributed by atoms with Gasteiger partial charge in [0.25, 0.3) is 0 Å². The summed E-state index contributed by atoms with van der Waals surface area (Å²) in [6.45, 7) is 12.9. The van der Waals surface area contributed by atoms with Crippen LogP contribution in [0.15, 0.2) is 12.1 Å². The maximum atomic E-state index is 13.0. The Hall–Kier alpha value is -1.44. The molecule has 1 fully saturated rings. The SMILES string of the molecule is CC(C)(C)c1ccc(C(C)(C)C)c2c1C(=O)C(=O)C21CCCC1. The van der Waals surface area contributed by atoms with Crippen molar-refractivity contribution in [3.8, 4) is 0 Å². The van der Waals surface area contributed by atoms with E-state index in [0.29, 0.717) is 0 Å². The van der Waals surface area contributed by atoms with Crippen LogP contribution in [0.5, 0.6) is 0 Å². The second-order valence-corrected chi connectivity index (χ2v) is 9.36. The van der Waals surface area contributed by atoms with Crippen LogP contribution in [0.25, 0.3) is 0 Å². The molecular formula is C21H28O2. The first-order valence-electron chi connectivity index (χ1n) is 8.78. The molecule has 3 rings (SSSR count). The maximum Gasteiger partial charge on any atom is 0.230 e. The minimum atomic E-state index is -0.531. The molecule has 1 saturated carbocycles. The lowest BCUT2D eigenvalue weighted by molar-refractivity contribution is -0.119. The topological polar surface area (TPSA) is 34.1 Å². The van der Waals surface area contributed by atoms with Crippen LogP contribution in [0.2, 0.25) is 0 Å². The molecule has 0 aliphatic heterocycles. The lowest BCUT2D eigenvalue weighted by Gasteiger charge is -2.32. The van der Waals surface area contributed by atoms with Crippen LogP contribution in [0, 0.1) is 0 Å². The quantitative estimate of drug-likeness (QED) is 0.641. The summed E-state index contributed by atoms with van der Waals surface area (Å²) < 4.78 is 0. The van der Waals surface area contributed by atoms with Gasteiger partial charge in [0.15, 0.2) is 0 Å². The van der Waals surface area contributed by atoms with E-state index in [1.165, 1.54) is 5.56 Å². The third-order valence-electron chi connectivity index (χ3n) is 5.62. The van der Waals surface area contributed by atoms with Gasteiger partial charge in [0, 0.05) is 5.56 Å². The number of rotatable bonds is 0. The van der Waals surface area contributed by atoms with Crippen molar-refractivity contribution in [1.82, 2.24) is 0 Å². The summed E-state index contributed by atoms with van der Waals surface area (Å²) in [5.74, 6) is -0.384. The van der Waals surface area contributed by atoms with Gasteiger partial charge in [-0.25, -0.2) is 0 Å². The molecule has 0 atom stereocenters. The summed E-state index contributed by atoms with van der Waals surface area (Å²) >= 11 is 0. The zero-order valence-electron chi connectivity index (χ0n) is 15.3. The van der Waals surface area contributed by atoms with Crippen molar-refractivity contribution < 1.29 is 9.59 Å². The molecule has 0 radical (unpaired) electrons. The van der Waals surface area contributed by atoms with E-state index in [0.717, 1.165) is 42.4 Å². The Balaban J connectivity index is 2.42. The molecule has 0 heterocycles. The van der Waals surface area contributed by atoms with Gasteiger partial charge >= 0.3 is 0 Å². The van der Waals surface area contributed by atoms with Gasteiger partial charge in [-0.2, -0.15) is 0 Å². The molecular weight excluding hydrogens is 284 g/mol. The Bertz CT molecular complexity index is 690. The second-order valence-electron chi connectivity index (χ2n) is 9.36. The first-order chi connectivity index (χ1) is 10.5. The van der Waals surface area contributed by atoms with Crippen molar-refractivity contribution in [3.63, 3.8) is 0 Å². The van der Waals surface area contributed by atoms with Crippen LogP contribution >= 0.6 is 0 Å². The summed E-state index contributed by atoms with van der Waals surface area (Å²) in [5.41, 5.74) is 3.28. The number of hydrogen-bond acceptors (Lipinski definition) is 2. The van der Waals surface area contributed by atoms with Gasteiger partial charge < -0.3 is 0 Å². The molecule has 0 saturated heterocycles. The van der Waals surface area contributed by atoms with Crippen LogP contribution in [-0.4, -0.2) is 11.6 Å². The van der Waals surface area contributed by atoms with Crippen LogP contribution in [0.1, 0.15) is 94.3 Å². The van der Waals surface area contributed by atoms with E-state index in [4.69, 9.17) is 0 Å². The van der Waals surface area contributed by atoms with E-state index in [-0.39, 0.29) is 22.4 Å². The van der Waals surface area contributed by atoms with E-state index in [1.54, 1.807) is 0 Å². The first-order valence-corrected chi connectivity index (χ1v) is 8.78. The smallest absolute Gasteiger partial charge is 0.230 e. The number of carbonyl (C=O) groups is 2. The molecule has 0 unspecified atom stereocenters. The average Bonchev–Trinajstić information content (AvgIpc) is 2.99. The Morgan fingerprint density at radius 2 is 1.30 bits per heavy atom. The van der Waals surface area contributed by atoms with E-state index < -0.39 is 5.41 Å². The third kappa shape index (κ3) is 2.21. The Kier molecular flexibility index (Phi) is 3.41. The summed E-state index contributed by atoms with van der Waals surface area (Å²) in [4.78, 5) is 25.9. The van der Waals surface area contributed by atoms with E-state index in [1.807, 2.05) is 0 Å². The number of benzene rings is 1. The highest BCUT2D eigenvalue weighted by Gasteiger charge is 2.55. The van der Waals surface area contributed by atoms with Gasteiger partial charge in [0.1, 0.15) is 0 Å². The van der Waals surface area contributed by atoms with Crippen molar-refractivity contribution in [3.05, 3.63) is 34.4 Å². The fourth-order valence-corrected chi connectivity index (χ4v) is 4.49. The predicted molar refractivity (Wildman–Crippen MR) is 93.3 cm³/mol. The molecule has 2 heteroatoms. The molecule has 2 aliphatic rings. The molecule has 2 aliphatic carbocycles. The monoisotopic (exact) mass is 312 g/mol. The summed E-state index contributed by atoms with van der Waals surface area (Å²) in [6.07, 6.45) is 3.76. The highest BCUT2D eigenvalue weighted by Crippen LogP contribution is 2.53. The fraction of sp³-hybridized carbons (Fsp3) is 0.619. The van der Waals surface area contributed by atoms with Crippen LogP contribution in [-0.2, 0) is 21.0 Å². The molecule has 0 bridgehead atoms. The zero-order valence-corrected chi connectivity index (χ0v) is 15.3. The zero-order chi connectivity index (χ0) is 17.2. The van der Waals surface area contributed by atoms with Crippen molar-refractivity contribution in [2.24, 2.45) is 0 Å². The highest BCUT2D eigenvalue weighted by atomic mass is 16.2. The van der Waals surface area contributed by atoms with Gasteiger partial charge in [-0.05, 0) is 40.4 Å². The molecule has 23 heavy (non-hydrogen) atoms. The Morgan fingerprint density at radius 1 is 0.826 bits per heavy atom. The van der Waals surface area contributed by atoms with Gasteiger partial charge in [-0.15, -0.1) is 0 Å². The maximum absolute atomic E-state index is 13.0. The minimum absolute atomic E-state index is 0.0685. The van der Waals surface area contributed by atoms with Gasteiger partial charge in [0.05, 0.1) is 5.41 Å². The fourth-order valence-electron chi connectivity index (χ4n) is 4.49. The standard InChI is InChI=1S/C21H28O2/c1-19(2,3)13-9-10-14(20(4,5)6)16-15(13)17(22)18(23)21(16)11-7-8-12-21/h9-10H,7-8,11-12H2,1-6H3. The normalized spacial score (nSPS) is 20.4. The molecule has 1 aromatic rings. The minimum Gasteiger partial charge on any atom is -0.289 e. The summed E-state index contributed by atoms with van der Waals surface area (Å²) in [5, 5.41) is 0. The third-order valence-corrected chi connectivity index (χ3v) is 5.62. The molecule has 0 N–H and O–H groups in total. The number of fused-ring (bicyclic) bond motifs is 2. The molecule has 1 aromatic carbocycles. The number of carbonyl (C=O) groups excluding carboxylic acids is 2. The van der Waals surface area contributed by atoms with Crippen LogP contribution in [0.4, 0.5) is 0 Å². The molecule has 2 nitrogen and oxygen atoms in total. The van der Waals surface area contributed by atoms with Gasteiger partial charge in [0.2, 0.25) is 11.6 Å². The lowest BCUT2D eigenvalue weighted by Crippen LogP contribution is -2.33. The van der Waals surface area contributed by atoms with Crippen molar-refractivity contribution in [2.75, 3.05) is 0 Å². The molecule has 0 amide bonds. The van der Waals surface area contributed by atoms with Crippen LogP contribution < -0.4 is 0 Å². The Morgan fingerprint density at radius 3 is 1.78 bits per heavy atom. The summed E-state index contributed by atoms with van der Waals surface area (Å²) in [7, 11) is 0. The van der Waals surface area contributed by atoms with E-state index in [9.17, 15) is 9.59 Å². The second kappa shape index (κ2) is 4.78. The van der Waals surface area contributed by atoms with E-state index in [2.05, 4.69) is 53.7 Å². The van der Waals surface area contributed by atoms with Crippen LogP contribution in [0.3, 0.4) is 0 Å². The van der Waals surface area contributed by atoms with Crippen molar-refractivity contribution >= 4 is 11.6 Å². The predicted octanol–water partition coefficient (Wildman–Crippen LogP) is 4.86. The summed E-state index contributed by atoms with van der Waals surface area (Å²) in [6, 6.07) is 4.25. The first kappa shape index (κ1) is 16.4.